The van der Waals surface area contributed by atoms with Gasteiger partial charge < -0.3 is 21.1 Å². The van der Waals surface area contributed by atoms with Crippen LogP contribution in [0.1, 0.15) is 6.42 Å². The quantitative estimate of drug-likeness (QED) is 0.346. The summed E-state index contributed by atoms with van der Waals surface area (Å²) in [6.07, 6.45) is -2.59. The molecule has 4 atom stereocenters. The zero-order valence-corrected chi connectivity index (χ0v) is 6.16. The normalized spacial score (nSPS) is 46.8. The van der Waals surface area contributed by atoms with Crippen molar-refractivity contribution in [3.8, 4) is 0 Å². The van der Waals surface area contributed by atoms with Crippen LogP contribution >= 0.6 is 12.4 Å². The summed E-state index contributed by atoms with van der Waals surface area (Å²) < 4.78 is 0. The van der Waals surface area contributed by atoms with Gasteiger partial charge in [-0.05, 0) is 6.42 Å². The average Bonchev–Trinajstić information content (AvgIpc) is 1.98. The van der Waals surface area contributed by atoms with Gasteiger partial charge in [0.25, 0.3) is 0 Å². The van der Waals surface area contributed by atoms with Crippen LogP contribution in [0.15, 0.2) is 0 Å². The van der Waals surface area contributed by atoms with Crippen molar-refractivity contribution in [1.82, 2.24) is 0 Å². The number of hydrogen-bond donors (Lipinski definition) is 4. The SMILES string of the molecule is Cl.NC1CC(O)C(O)C1O. The fourth-order valence-corrected chi connectivity index (χ4v) is 1.04. The Morgan fingerprint density at radius 2 is 1.60 bits per heavy atom. The van der Waals surface area contributed by atoms with Crippen molar-refractivity contribution in [3.05, 3.63) is 0 Å². The summed E-state index contributed by atoms with van der Waals surface area (Å²) in [5, 5.41) is 26.6. The molecule has 0 spiro atoms. The van der Waals surface area contributed by atoms with E-state index in [4.69, 9.17) is 21.1 Å². The van der Waals surface area contributed by atoms with E-state index >= 15 is 0 Å². The molecule has 62 valence electrons. The molecule has 0 amide bonds. The van der Waals surface area contributed by atoms with Crippen molar-refractivity contribution in [3.63, 3.8) is 0 Å². The van der Waals surface area contributed by atoms with E-state index in [1.165, 1.54) is 0 Å². The maximum absolute atomic E-state index is 8.90. The Kier molecular flexibility index (Phi) is 3.55. The van der Waals surface area contributed by atoms with Crippen LogP contribution in [-0.2, 0) is 0 Å². The fourth-order valence-electron chi connectivity index (χ4n) is 1.04. The van der Waals surface area contributed by atoms with Crippen molar-refractivity contribution in [1.29, 1.82) is 0 Å². The lowest BCUT2D eigenvalue weighted by Gasteiger charge is -2.11. The second-order valence-electron chi connectivity index (χ2n) is 2.45. The minimum absolute atomic E-state index is 0. The van der Waals surface area contributed by atoms with Crippen LogP contribution < -0.4 is 5.73 Å². The van der Waals surface area contributed by atoms with E-state index in [1.807, 2.05) is 0 Å². The summed E-state index contributed by atoms with van der Waals surface area (Å²) in [5.74, 6) is 0. The molecule has 0 aromatic carbocycles. The molecule has 1 saturated carbocycles. The first kappa shape index (κ1) is 10.1. The van der Waals surface area contributed by atoms with Gasteiger partial charge >= 0.3 is 0 Å². The van der Waals surface area contributed by atoms with Crippen LogP contribution in [0.4, 0.5) is 0 Å². The fraction of sp³-hybridized carbons (Fsp3) is 1.00. The van der Waals surface area contributed by atoms with Crippen LogP contribution in [0, 0.1) is 0 Å². The first-order valence-corrected chi connectivity index (χ1v) is 2.92. The third kappa shape index (κ3) is 1.59. The highest BCUT2D eigenvalue weighted by molar-refractivity contribution is 5.85. The van der Waals surface area contributed by atoms with Gasteiger partial charge in [-0.15, -0.1) is 12.4 Å². The number of nitrogens with two attached hydrogens (primary N) is 1. The molecule has 0 aromatic heterocycles. The van der Waals surface area contributed by atoms with Gasteiger partial charge in [0.15, 0.2) is 0 Å². The number of rotatable bonds is 0. The molecular formula is C5H12ClNO3. The molecule has 1 rings (SSSR count). The lowest BCUT2D eigenvalue weighted by molar-refractivity contribution is -0.0205. The summed E-state index contributed by atoms with van der Waals surface area (Å²) in [4.78, 5) is 0. The molecular weight excluding hydrogens is 158 g/mol. The average molecular weight is 170 g/mol. The van der Waals surface area contributed by atoms with E-state index in [0.29, 0.717) is 0 Å². The Labute approximate surface area is 65.1 Å². The second-order valence-corrected chi connectivity index (χ2v) is 2.45. The number of aliphatic hydroxyl groups is 3. The topological polar surface area (TPSA) is 86.7 Å². The van der Waals surface area contributed by atoms with Gasteiger partial charge in [0.2, 0.25) is 0 Å². The zero-order valence-electron chi connectivity index (χ0n) is 5.34. The van der Waals surface area contributed by atoms with Crippen LogP contribution in [0.2, 0.25) is 0 Å². The smallest absolute Gasteiger partial charge is 0.107 e. The Bertz CT molecular complexity index is 101. The summed E-state index contributed by atoms with van der Waals surface area (Å²) in [7, 11) is 0. The van der Waals surface area contributed by atoms with E-state index in [1.54, 1.807) is 0 Å². The molecule has 1 aliphatic carbocycles. The first-order chi connectivity index (χ1) is 4.13. The van der Waals surface area contributed by atoms with E-state index < -0.39 is 24.4 Å². The molecule has 1 aliphatic rings. The van der Waals surface area contributed by atoms with Gasteiger partial charge in [-0.1, -0.05) is 0 Å². The van der Waals surface area contributed by atoms with Crippen molar-refractivity contribution >= 4 is 12.4 Å². The number of aliphatic hydroxyl groups excluding tert-OH is 3. The molecule has 4 nitrogen and oxygen atoms in total. The summed E-state index contributed by atoms with van der Waals surface area (Å²) >= 11 is 0. The van der Waals surface area contributed by atoms with Crippen molar-refractivity contribution in [2.45, 2.75) is 30.8 Å². The molecule has 4 unspecified atom stereocenters. The van der Waals surface area contributed by atoms with Gasteiger partial charge in [0.05, 0.1) is 12.2 Å². The molecule has 1 fully saturated rings. The van der Waals surface area contributed by atoms with Crippen molar-refractivity contribution in [2.24, 2.45) is 5.73 Å². The second kappa shape index (κ2) is 3.50. The highest BCUT2D eigenvalue weighted by Crippen LogP contribution is 2.18. The van der Waals surface area contributed by atoms with E-state index in [9.17, 15) is 0 Å². The third-order valence-corrected chi connectivity index (χ3v) is 1.70. The maximum atomic E-state index is 8.90. The molecule has 0 radical (unpaired) electrons. The minimum atomic E-state index is -1.06. The van der Waals surface area contributed by atoms with Crippen molar-refractivity contribution in [2.75, 3.05) is 0 Å². The zero-order chi connectivity index (χ0) is 7.02. The Balaban J connectivity index is 0.000000810. The highest BCUT2D eigenvalue weighted by atomic mass is 35.5. The Morgan fingerprint density at radius 1 is 1.10 bits per heavy atom. The van der Waals surface area contributed by atoms with Gasteiger partial charge in [0, 0.05) is 6.04 Å². The first-order valence-electron chi connectivity index (χ1n) is 2.92. The number of halogens is 1. The van der Waals surface area contributed by atoms with Crippen LogP contribution in [0.25, 0.3) is 0 Å². The molecule has 0 bridgehead atoms. The summed E-state index contributed by atoms with van der Waals surface area (Å²) in [6.45, 7) is 0. The monoisotopic (exact) mass is 169 g/mol. The van der Waals surface area contributed by atoms with E-state index in [0.717, 1.165) is 0 Å². The molecule has 0 saturated heterocycles. The van der Waals surface area contributed by atoms with Crippen LogP contribution in [0.3, 0.4) is 0 Å². The van der Waals surface area contributed by atoms with Gasteiger partial charge in [-0.3, -0.25) is 0 Å². The third-order valence-electron chi connectivity index (χ3n) is 1.70. The van der Waals surface area contributed by atoms with Crippen LogP contribution in [-0.4, -0.2) is 39.7 Å². The van der Waals surface area contributed by atoms with Gasteiger partial charge in [-0.2, -0.15) is 0 Å². The number of hydrogen-bond acceptors (Lipinski definition) is 4. The highest BCUT2D eigenvalue weighted by Gasteiger charge is 2.38. The largest absolute Gasteiger partial charge is 0.390 e. The van der Waals surface area contributed by atoms with E-state index in [-0.39, 0.29) is 18.8 Å². The molecule has 10 heavy (non-hydrogen) atoms. The summed E-state index contributed by atoms with van der Waals surface area (Å²) in [5.41, 5.74) is 5.29. The molecule has 5 N–H and O–H groups in total. The standard InChI is InChI=1S/C5H11NO3.ClH/c6-2-1-3(7)5(9)4(2)8;/h2-5,7-9H,1,6H2;1H. The van der Waals surface area contributed by atoms with Gasteiger partial charge in [-0.25, -0.2) is 0 Å². The lowest BCUT2D eigenvalue weighted by atomic mass is 10.2. The predicted octanol–water partition coefficient (Wildman–Crippen LogP) is -1.78. The van der Waals surface area contributed by atoms with Crippen molar-refractivity contribution < 1.29 is 15.3 Å². The Morgan fingerprint density at radius 3 is 1.70 bits per heavy atom. The van der Waals surface area contributed by atoms with E-state index in [2.05, 4.69) is 0 Å². The van der Waals surface area contributed by atoms with Gasteiger partial charge in [0.1, 0.15) is 6.10 Å². The Hall–Kier alpha value is 0.130. The molecule has 0 aliphatic heterocycles. The minimum Gasteiger partial charge on any atom is -0.390 e. The van der Waals surface area contributed by atoms with Crippen LogP contribution in [0.5, 0.6) is 0 Å². The lowest BCUT2D eigenvalue weighted by Crippen LogP contribution is -2.36. The molecule has 0 heterocycles. The summed E-state index contributed by atoms with van der Waals surface area (Å²) in [6, 6.07) is -0.477. The predicted molar refractivity (Wildman–Crippen MR) is 37.9 cm³/mol. The molecule has 5 heteroatoms. The maximum Gasteiger partial charge on any atom is 0.107 e. The molecule has 0 aromatic rings.